The van der Waals surface area contributed by atoms with E-state index >= 15 is 0 Å². The topological polar surface area (TPSA) is 141 Å². The Hall–Kier alpha value is -3.38. The van der Waals surface area contributed by atoms with Crippen molar-refractivity contribution >= 4 is 16.8 Å². The van der Waals surface area contributed by atoms with Crippen molar-refractivity contribution in [2.45, 2.75) is 51.0 Å². The quantitative estimate of drug-likeness (QED) is 0.413. The summed E-state index contributed by atoms with van der Waals surface area (Å²) in [5.41, 5.74) is 1.57. The zero-order chi connectivity index (χ0) is 24.2. The molecule has 4 rings (SSSR count). The molecule has 0 saturated carbocycles. The van der Waals surface area contributed by atoms with Gasteiger partial charge in [0.2, 0.25) is 5.91 Å². The third-order valence-electron chi connectivity index (χ3n) is 5.37. The summed E-state index contributed by atoms with van der Waals surface area (Å²) >= 11 is 0. The van der Waals surface area contributed by atoms with E-state index in [0.717, 1.165) is 11.1 Å². The number of hydrogen-bond donors (Lipinski definition) is 3. The highest BCUT2D eigenvalue weighted by Crippen LogP contribution is 2.28. The number of fused-ring (bicyclic) bond motifs is 1. The summed E-state index contributed by atoms with van der Waals surface area (Å²) in [5.74, 6) is 0.382. The standard InChI is InChI=1S/C23H27N5O6/c1-4-10-32-23-20(25-14(3)29)22(31)21(30)17(34-23)11-28-12-18(26-27-28)33-16-7-5-6-15-9-8-13(2)24-19(15)16/h4-9,12,17,20-23,30-31H,1,10-11H2,2-3H3,(H,25,29)/t17-,20-,21+,22-,23-/m1/s1. The number of nitrogens with one attached hydrogen (secondary N) is 1. The second kappa shape index (κ2) is 10.3. The highest BCUT2D eigenvalue weighted by Gasteiger charge is 2.45. The van der Waals surface area contributed by atoms with Gasteiger partial charge in [-0.1, -0.05) is 34.6 Å². The summed E-state index contributed by atoms with van der Waals surface area (Å²) in [6.45, 7) is 6.99. The first-order chi connectivity index (χ1) is 16.4. The van der Waals surface area contributed by atoms with Crippen LogP contribution < -0.4 is 10.1 Å². The van der Waals surface area contributed by atoms with E-state index in [1.54, 1.807) is 12.3 Å². The summed E-state index contributed by atoms with van der Waals surface area (Å²) in [7, 11) is 0. The Morgan fingerprint density at radius 1 is 1.29 bits per heavy atom. The Bertz CT molecular complexity index is 1170. The zero-order valence-electron chi connectivity index (χ0n) is 18.9. The molecule has 0 radical (unpaired) electrons. The number of para-hydroxylation sites is 1. The number of aromatic nitrogens is 4. The molecular formula is C23H27N5O6. The van der Waals surface area contributed by atoms with Crippen LogP contribution in [0.4, 0.5) is 0 Å². The number of hydrogen-bond acceptors (Lipinski definition) is 9. The number of pyridine rings is 1. The number of aliphatic hydroxyl groups excluding tert-OH is 2. The normalized spacial score (nSPS) is 24.6. The third kappa shape index (κ3) is 5.23. The number of carbonyl (C=O) groups is 1. The number of nitrogens with zero attached hydrogens (tertiary/aromatic N) is 4. The second-order valence-electron chi connectivity index (χ2n) is 8.03. The lowest BCUT2D eigenvalue weighted by molar-refractivity contribution is -0.264. The average molecular weight is 469 g/mol. The molecule has 1 fully saturated rings. The van der Waals surface area contributed by atoms with Gasteiger partial charge in [-0.3, -0.25) is 4.79 Å². The van der Waals surface area contributed by atoms with Gasteiger partial charge in [0, 0.05) is 18.0 Å². The number of benzene rings is 1. The number of carbonyl (C=O) groups excluding carboxylic acids is 1. The molecule has 1 amide bonds. The van der Waals surface area contributed by atoms with Crippen molar-refractivity contribution in [3.05, 3.63) is 54.9 Å². The maximum absolute atomic E-state index is 11.5. The number of ether oxygens (including phenoxy) is 3. The Morgan fingerprint density at radius 2 is 2.12 bits per heavy atom. The Labute approximate surface area is 196 Å². The third-order valence-corrected chi connectivity index (χ3v) is 5.37. The number of aliphatic hydroxyl groups is 2. The van der Waals surface area contributed by atoms with Crippen molar-refractivity contribution in [3.8, 4) is 11.6 Å². The van der Waals surface area contributed by atoms with E-state index in [1.807, 2.05) is 31.2 Å². The van der Waals surface area contributed by atoms with Gasteiger partial charge in [-0.15, -0.1) is 6.58 Å². The van der Waals surface area contributed by atoms with Gasteiger partial charge in [-0.25, -0.2) is 9.67 Å². The predicted octanol–water partition coefficient (Wildman–Crippen LogP) is 1.08. The summed E-state index contributed by atoms with van der Waals surface area (Å²) in [6.07, 6.45) is -1.43. The lowest BCUT2D eigenvalue weighted by atomic mass is 9.96. The van der Waals surface area contributed by atoms with E-state index in [1.165, 1.54) is 17.7 Å². The minimum absolute atomic E-state index is 0.0578. The van der Waals surface area contributed by atoms with E-state index in [-0.39, 0.29) is 24.9 Å². The van der Waals surface area contributed by atoms with Crippen LogP contribution in [0.25, 0.3) is 10.9 Å². The molecule has 2 aromatic heterocycles. The van der Waals surface area contributed by atoms with Crippen LogP contribution in [0.15, 0.2) is 49.2 Å². The van der Waals surface area contributed by atoms with E-state index in [4.69, 9.17) is 14.2 Å². The van der Waals surface area contributed by atoms with Gasteiger partial charge in [0.25, 0.3) is 5.88 Å². The predicted molar refractivity (Wildman–Crippen MR) is 121 cm³/mol. The van der Waals surface area contributed by atoms with Crippen molar-refractivity contribution in [2.24, 2.45) is 0 Å². The van der Waals surface area contributed by atoms with Crippen molar-refractivity contribution < 1.29 is 29.2 Å². The van der Waals surface area contributed by atoms with Crippen LogP contribution in [0, 0.1) is 6.92 Å². The van der Waals surface area contributed by atoms with Crippen LogP contribution in [0.3, 0.4) is 0 Å². The first-order valence-corrected chi connectivity index (χ1v) is 10.8. The molecule has 0 bridgehead atoms. The minimum Gasteiger partial charge on any atom is -0.434 e. The molecule has 34 heavy (non-hydrogen) atoms. The maximum Gasteiger partial charge on any atom is 0.258 e. The number of rotatable bonds is 8. The highest BCUT2D eigenvalue weighted by atomic mass is 16.7. The monoisotopic (exact) mass is 469 g/mol. The molecule has 1 aliphatic rings. The van der Waals surface area contributed by atoms with Gasteiger partial charge in [0.05, 0.1) is 19.3 Å². The molecule has 0 aliphatic carbocycles. The zero-order valence-corrected chi connectivity index (χ0v) is 18.9. The van der Waals surface area contributed by atoms with Gasteiger partial charge in [-0.05, 0) is 19.1 Å². The van der Waals surface area contributed by atoms with E-state index in [2.05, 4.69) is 27.2 Å². The molecule has 3 heterocycles. The van der Waals surface area contributed by atoms with Crippen molar-refractivity contribution in [2.75, 3.05) is 6.61 Å². The fourth-order valence-electron chi connectivity index (χ4n) is 3.79. The Kier molecular flexibility index (Phi) is 7.17. The molecular weight excluding hydrogens is 442 g/mol. The largest absolute Gasteiger partial charge is 0.434 e. The summed E-state index contributed by atoms with van der Waals surface area (Å²) in [5, 5.41) is 32.8. The Balaban J connectivity index is 1.48. The number of aryl methyl sites for hydroxylation is 1. The maximum atomic E-state index is 11.5. The second-order valence-corrected chi connectivity index (χ2v) is 8.03. The average Bonchev–Trinajstić information content (AvgIpc) is 3.25. The fourth-order valence-corrected chi connectivity index (χ4v) is 3.79. The first kappa shape index (κ1) is 23.8. The first-order valence-electron chi connectivity index (χ1n) is 10.8. The molecule has 180 valence electrons. The molecule has 11 heteroatoms. The van der Waals surface area contributed by atoms with Gasteiger partial charge in [0.15, 0.2) is 12.0 Å². The van der Waals surface area contributed by atoms with E-state index < -0.39 is 30.6 Å². The van der Waals surface area contributed by atoms with Gasteiger partial charge in [0.1, 0.15) is 29.9 Å². The molecule has 3 N–H and O–H groups in total. The summed E-state index contributed by atoms with van der Waals surface area (Å²) < 4.78 is 18.8. The summed E-state index contributed by atoms with van der Waals surface area (Å²) in [4.78, 5) is 16.1. The van der Waals surface area contributed by atoms with E-state index in [9.17, 15) is 15.0 Å². The van der Waals surface area contributed by atoms with Crippen LogP contribution in [0.5, 0.6) is 11.6 Å². The van der Waals surface area contributed by atoms with Gasteiger partial charge in [-0.2, -0.15) is 0 Å². The van der Waals surface area contributed by atoms with Crippen LogP contribution in [-0.4, -0.2) is 73.3 Å². The molecule has 3 aromatic rings. The summed E-state index contributed by atoms with van der Waals surface area (Å²) in [6, 6.07) is 8.55. The smallest absolute Gasteiger partial charge is 0.258 e. The molecule has 1 aromatic carbocycles. The van der Waals surface area contributed by atoms with Crippen LogP contribution >= 0.6 is 0 Å². The number of amides is 1. The highest BCUT2D eigenvalue weighted by molar-refractivity contribution is 5.84. The fraction of sp³-hybridized carbons (Fsp3) is 0.391. The minimum atomic E-state index is -1.32. The molecule has 1 saturated heterocycles. The lowest BCUT2D eigenvalue weighted by Gasteiger charge is -2.42. The van der Waals surface area contributed by atoms with Crippen LogP contribution in [0.1, 0.15) is 12.6 Å². The molecule has 5 atom stereocenters. The SMILES string of the molecule is C=CCO[C@@H]1O[C@H](Cn2cc(Oc3cccc4ccc(C)nc34)nn2)[C@H](O)[C@H](O)[C@H]1NC(C)=O. The molecule has 0 spiro atoms. The van der Waals surface area contributed by atoms with Gasteiger partial charge >= 0.3 is 0 Å². The molecule has 1 aliphatic heterocycles. The Morgan fingerprint density at radius 3 is 2.88 bits per heavy atom. The van der Waals surface area contributed by atoms with Crippen LogP contribution in [-0.2, 0) is 20.8 Å². The van der Waals surface area contributed by atoms with Crippen molar-refractivity contribution in [1.29, 1.82) is 0 Å². The van der Waals surface area contributed by atoms with Crippen molar-refractivity contribution in [1.82, 2.24) is 25.3 Å². The van der Waals surface area contributed by atoms with E-state index in [0.29, 0.717) is 11.3 Å². The molecule has 11 nitrogen and oxygen atoms in total. The lowest BCUT2D eigenvalue weighted by Crippen LogP contribution is -2.64. The van der Waals surface area contributed by atoms with Crippen LogP contribution in [0.2, 0.25) is 0 Å². The van der Waals surface area contributed by atoms with Gasteiger partial charge < -0.3 is 29.7 Å². The molecule has 0 unspecified atom stereocenters. The van der Waals surface area contributed by atoms with Crippen molar-refractivity contribution in [3.63, 3.8) is 0 Å².